The maximum atomic E-state index is 12.4. The molecule has 122 valence electrons. The molecule has 0 bridgehead atoms. The third-order valence-corrected chi connectivity index (χ3v) is 4.42. The van der Waals surface area contributed by atoms with Crippen LogP contribution in [0.4, 0.5) is 5.69 Å². The van der Waals surface area contributed by atoms with Crippen LogP contribution in [0.1, 0.15) is 51.5 Å². The first-order chi connectivity index (χ1) is 10.5. The van der Waals surface area contributed by atoms with E-state index >= 15 is 0 Å². The molecule has 1 saturated heterocycles. The molecular formula is C18H28N2O2. The summed E-state index contributed by atoms with van der Waals surface area (Å²) in [6.45, 7) is 7.30. The van der Waals surface area contributed by atoms with E-state index < -0.39 is 6.10 Å². The summed E-state index contributed by atoms with van der Waals surface area (Å²) in [5.74, 6) is 0.373. The number of aliphatic hydroxyl groups is 1. The minimum Gasteiger partial charge on any atom is -0.392 e. The fourth-order valence-corrected chi connectivity index (χ4v) is 3.25. The fourth-order valence-electron chi connectivity index (χ4n) is 3.25. The average molecular weight is 304 g/mol. The van der Waals surface area contributed by atoms with Gasteiger partial charge in [0.15, 0.2) is 0 Å². The van der Waals surface area contributed by atoms with Crippen LogP contribution >= 0.6 is 0 Å². The van der Waals surface area contributed by atoms with Gasteiger partial charge < -0.3 is 10.4 Å². The number of likely N-dealkylation sites (tertiary alicyclic amines) is 1. The highest BCUT2D eigenvalue weighted by atomic mass is 16.3. The largest absolute Gasteiger partial charge is 0.392 e. The average Bonchev–Trinajstić information content (AvgIpc) is 2.47. The zero-order valence-electron chi connectivity index (χ0n) is 13.9. The lowest BCUT2D eigenvalue weighted by molar-refractivity contribution is -0.118. The Labute approximate surface area is 133 Å². The molecule has 4 heteroatoms. The Morgan fingerprint density at radius 3 is 2.73 bits per heavy atom. The summed E-state index contributed by atoms with van der Waals surface area (Å²) in [4.78, 5) is 14.5. The van der Waals surface area contributed by atoms with Gasteiger partial charge in [-0.1, -0.05) is 38.5 Å². The van der Waals surface area contributed by atoms with Crippen molar-refractivity contribution in [1.29, 1.82) is 0 Å². The third-order valence-electron chi connectivity index (χ3n) is 4.42. The predicted octanol–water partition coefficient (Wildman–Crippen LogP) is 2.98. The van der Waals surface area contributed by atoms with Crippen LogP contribution in [0.25, 0.3) is 0 Å². The maximum absolute atomic E-state index is 12.4. The number of hydrogen-bond acceptors (Lipinski definition) is 3. The topological polar surface area (TPSA) is 52.6 Å². The van der Waals surface area contributed by atoms with Crippen LogP contribution in [0.2, 0.25) is 0 Å². The van der Waals surface area contributed by atoms with Crippen LogP contribution in [-0.2, 0) is 4.79 Å². The highest BCUT2D eigenvalue weighted by Crippen LogP contribution is 2.24. The number of amides is 1. The van der Waals surface area contributed by atoms with E-state index in [0.717, 1.165) is 37.1 Å². The van der Waals surface area contributed by atoms with Crippen LogP contribution in [0.3, 0.4) is 0 Å². The molecule has 2 rings (SSSR count). The molecule has 0 radical (unpaired) electrons. The van der Waals surface area contributed by atoms with E-state index in [1.165, 1.54) is 0 Å². The van der Waals surface area contributed by atoms with Crippen molar-refractivity contribution in [2.75, 3.05) is 18.4 Å². The van der Waals surface area contributed by atoms with E-state index in [2.05, 4.69) is 30.1 Å². The molecule has 0 aliphatic carbocycles. The van der Waals surface area contributed by atoms with Gasteiger partial charge in [0, 0.05) is 11.7 Å². The van der Waals surface area contributed by atoms with E-state index in [9.17, 15) is 9.90 Å². The minimum atomic E-state index is -0.393. The summed E-state index contributed by atoms with van der Waals surface area (Å²) in [5.41, 5.74) is 2.05. The van der Waals surface area contributed by atoms with E-state index in [1.54, 1.807) is 0 Å². The molecule has 2 unspecified atom stereocenters. The molecule has 0 aromatic heterocycles. The summed E-state index contributed by atoms with van der Waals surface area (Å²) >= 11 is 0. The Hall–Kier alpha value is -1.39. The molecule has 0 saturated carbocycles. The van der Waals surface area contributed by atoms with Crippen molar-refractivity contribution in [3.63, 3.8) is 0 Å². The van der Waals surface area contributed by atoms with Gasteiger partial charge in [-0.05, 0) is 43.9 Å². The number of anilines is 1. The van der Waals surface area contributed by atoms with Gasteiger partial charge in [-0.2, -0.15) is 0 Å². The monoisotopic (exact) mass is 304 g/mol. The summed E-state index contributed by atoms with van der Waals surface area (Å²) in [5, 5.41) is 12.9. The minimum absolute atomic E-state index is 0.000602. The van der Waals surface area contributed by atoms with E-state index in [-0.39, 0.29) is 11.9 Å². The number of aliphatic hydroxyl groups excluding tert-OH is 1. The first-order valence-electron chi connectivity index (χ1n) is 8.30. The Bertz CT molecular complexity index is 500. The fraction of sp³-hybridized carbons (Fsp3) is 0.611. The van der Waals surface area contributed by atoms with Crippen LogP contribution in [0.15, 0.2) is 24.3 Å². The highest BCUT2D eigenvalue weighted by molar-refractivity contribution is 5.93. The van der Waals surface area contributed by atoms with Crippen molar-refractivity contribution in [3.8, 4) is 0 Å². The highest BCUT2D eigenvalue weighted by Gasteiger charge is 2.27. The Balaban J connectivity index is 2.01. The van der Waals surface area contributed by atoms with Gasteiger partial charge in [0.25, 0.3) is 0 Å². The van der Waals surface area contributed by atoms with Crippen molar-refractivity contribution >= 4 is 11.6 Å². The quantitative estimate of drug-likeness (QED) is 0.879. The van der Waals surface area contributed by atoms with Gasteiger partial charge in [0.2, 0.25) is 5.91 Å². The molecule has 1 aromatic rings. The van der Waals surface area contributed by atoms with Crippen LogP contribution in [-0.4, -0.2) is 41.1 Å². The molecule has 1 amide bonds. The summed E-state index contributed by atoms with van der Waals surface area (Å²) in [7, 11) is 0. The van der Waals surface area contributed by atoms with Crippen LogP contribution < -0.4 is 5.32 Å². The molecule has 0 spiro atoms. The standard InChI is InChI=1S/C18H28N2O2/c1-13(2)15-8-4-5-9-16(15)19-18(22)12-20-11-7-6-10-17(20)14(3)21/h4-5,8-9,13-14,17,21H,6-7,10-12H2,1-3H3,(H,19,22). The SMILES string of the molecule is CC(C)c1ccccc1NC(=O)CN1CCCCC1C(C)O. The zero-order chi connectivity index (χ0) is 16.1. The van der Waals surface area contributed by atoms with E-state index in [4.69, 9.17) is 0 Å². The molecule has 1 aliphatic rings. The van der Waals surface area contributed by atoms with Gasteiger partial charge >= 0.3 is 0 Å². The van der Waals surface area contributed by atoms with Crippen molar-refractivity contribution in [2.45, 2.75) is 58.1 Å². The summed E-state index contributed by atoms with van der Waals surface area (Å²) < 4.78 is 0. The molecule has 1 aromatic carbocycles. The number of carbonyl (C=O) groups is 1. The Kier molecular flexibility index (Phi) is 5.98. The Morgan fingerprint density at radius 2 is 2.05 bits per heavy atom. The molecule has 22 heavy (non-hydrogen) atoms. The van der Waals surface area contributed by atoms with E-state index in [0.29, 0.717) is 12.5 Å². The molecule has 4 nitrogen and oxygen atoms in total. The van der Waals surface area contributed by atoms with Gasteiger partial charge in [-0.15, -0.1) is 0 Å². The smallest absolute Gasteiger partial charge is 0.238 e. The van der Waals surface area contributed by atoms with E-state index in [1.807, 2.05) is 25.1 Å². The molecular weight excluding hydrogens is 276 g/mol. The lowest BCUT2D eigenvalue weighted by atomic mass is 9.98. The Morgan fingerprint density at radius 1 is 1.32 bits per heavy atom. The number of nitrogens with zero attached hydrogens (tertiary/aromatic N) is 1. The number of benzene rings is 1. The molecule has 1 heterocycles. The maximum Gasteiger partial charge on any atom is 0.238 e. The van der Waals surface area contributed by atoms with Gasteiger partial charge in [0.1, 0.15) is 0 Å². The normalized spacial score (nSPS) is 20.9. The summed E-state index contributed by atoms with van der Waals surface area (Å²) in [6.07, 6.45) is 2.80. The van der Waals surface area contributed by atoms with Gasteiger partial charge in [-0.25, -0.2) is 0 Å². The summed E-state index contributed by atoms with van der Waals surface area (Å²) in [6, 6.07) is 8.05. The molecule has 2 atom stereocenters. The number of rotatable bonds is 5. The van der Waals surface area contributed by atoms with Crippen LogP contribution in [0.5, 0.6) is 0 Å². The first-order valence-corrected chi connectivity index (χ1v) is 8.30. The lowest BCUT2D eigenvalue weighted by Gasteiger charge is -2.36. The van der Waals surface area contributed by atoms with Crippen molar-refractivity contribution in [3.05, 3.63) is 29.8 Å². The van der Waals surface area contributed by atoms with Crippen molar-refractivity contribution in [2.24, 2.45) is 0 Å². The molecule has 2 N–H and O–H groups in total. The second kappa shape index (κ2) is 7.75. The molecule has 1 aliphatic heterocycles. The zero-order valence-corrected chi connectivity index (χ0v) is 13.9. The van der Waals surface area contributed by atoms with Crippen molar-refractivity contribution in [1.82, 2.24) is 4.90 Å². The second-order valence-electron chi connectivity index (χ2n) is 6.56. The van der Waals surface area contributed by atoms with Crippen molar-refractivity contribution < 1.29 is 9.90 Å². The second-order valence-corrected chi connectivity index (χ2v) is 6.56. The third kappa shape index (κ3) is 4.31. The lowest BCUT2D eigenvalue weighted by Crippen LogP contribution is -2.48. The number of piperidine rings is 1. The number of nitrogens with one attached hydrogen (secondary N) is 1. The number of carbonyl (C=O) groups excluding carboxylic acids is 1. The number of hydrogen-bond donors (Lipinski definition) is 2. The van der Waals surface area contributed by atoms with Gasteiger partial charge in [0.05, 0.1) is 12.6 Å². The molecule has 1 fully saturated rings. The van der Waals surface area contributed by atoms with Crippen LogP contribution in [0, 0.1) is 0 Å². The first kappa shape index (κ1) is 17.0. The van der Waals surface area contributed by atoms with Gasteiger partial charge in [-0.3, -0.25) is 9.69 Å². The predicted molar refractivity (Wildman–Crippen MR) is 90.1 cm³/mol. The number of para-hydroxylation sites is 1.